The summed E-state index contributed by atoms with van der Waals surface area (Å²) in [6.07, 6.45) is 0. The van der Waals surface area contributed by atoms with Crippen molar-refractivity contribution in [2.45, 2.75) is 5.41 Å². The first-order chi connectivity index (χ1) is 37.8. The molecule has 4 heterocycles. The summed E-state index contributed by atoms with van der Waals surface area (Å²) >= 11 is 1.84. The lowest BCUT2D eigenvalue weighted by atomic mass is 9.69. The molecular weight excluding hydrogens is 943 g/mol. The molecule has 2 aliphatic carbocycles. The van der Waals surface area contributed by atoms with E-state index in [4.69, 9.17) is 15.0 Å². The van der Waals surface area contributed by atoms with E-state index in [0.29, 0.717) is 17.5 Å². The van der Waals surface area contributed by atoms with Crippen LogP contribution >= 0.6 is 11.3 Å². The Morgan fingerprint density at radius 3 is 1.47 bits per heavy atom. The Hall–Kier alpha value is -9.75. The molecule has 0 aliphatic heterocycles. The first-order valence-corrected chi connectivity index (χ1v) is 26.8. The number of nitrogens with zero attached hydrogens (tertiary/aromatic N) is 5. The molecule has 5 nitrogen and oxygen atoms in total. The molecule has 4 aromatic heterocycles. The lowest BCUT2D eigenvalue weighted by Gasteiger charge is -2.31. The van der Waals surface area contributed by atoms with E-state index in [1.165, 1.54) is 97.4 Å². The third kappa shape index (κ3) is 5.45. The standard InChI is InChI=1S/C70H41N5S/c1-4-22-42(23-5-1)67-71-68(43-24-6-2-7-25-43)73-69(72-67)51-40-41-57(66-59(51)50-33-15-21-39-58(50)76-66)75-56-38-20-14-32-49(56)62-64-61(48-31-13-19-37-55(48)74(64)44-26-8-3-9-27-44)63-60(65(62)75)47-30-12-18-36-54(47)70(63)52-34-16-10-28-45(52)46-29-11-17-35-53(46)70/h1-41H. The number of para-hydroxylation sites is 3. The van der Waals surface area contributed by atoms with Gasteiger partial charge in [-0.1, -0.05) is 206 Å². The molecule has 76 heavy (non-hydrogen) atoms. The molecule has 0 radical (unpaired) electrons. The first-order valence-electron chi connectivity index (χ1n) is 25.9. The van der Waals surface area contributed by atoms with E-state index in [1.54, 1.807) is 0 Å². The Bertz CT molecular complexity index is 4830. The van der Waals surface area contributed by atoms with Crippen molar-refractivity contribution in [3.63, 3.8) is 0 Å². The molecule has 0 N–H and O–H groups in total. The molecule has 0 bridgehead atoms. The van der Waals surface area contributed by atoms with Crippen molar-refractivity contribution in [2.75, 3.05) is 0 Å². The molecule has 0 saturated heterocycles. The minimum absolute atomic E-state index is 0.624. The Morgan fingerprint density at radius 2 is 0.829 bits per heavy atom. The lowest BCUT2D eigenvalue weighted by molar-refractivity contribution is 0.802. The maximum absolute atomic E-state index is 5.34. The Labute approximate surface area is 440 Å². The van der Waals surface area contributed by atoms with Gasteiger partial charge >= 0.3 is 0 Å². The summed E-state index contributed by atoms with van der Waals surface area (Å²) in [6, 6.07) is 90.8. The molecule has 15 aromatic rings. The largest absolute Gasteiger partial charge is 0.309 e. The molecule has 0 unspecified atom stereocenters. The van der Waals surface area contributed by atoms with Gasteiger partial charge in [0.1, 0.15) is 0 Å². The fourth-order valence-electron chi connectivity index (χ4n) is 13.5. The van der Waals surface area contributed by atoms with E-state index in [0.717, 1.165) is 39.0 Å². The van der Waals surface area contributed by atoms with Crippen LogP contribution < -0.4 is 0 Å². The van der Waals surface area contributed by atoms with Crippen LogP contribution in [0.2, 0.25) is 0 Å². The molecule has 17 rings (SSSR count). The molecular formula is C70H41N5S. The van der Waals surface area contributed by atoms with Crippen LogP contribution in [-0.4, -0.2) is 24.1 Å². The van der Waals surface area contributed by atoms with Crippen molar-refractivity contribution in [1.82, 2.24) is 24.1 Å². The highest BCUT2D eigenvalue weighted by atomic mass is 32.1. The van der Waals surface area contributed by atoms with Crippen LogP contribution in [-0.2, 0) is 5.41 Å². The fraction of sp³-hybridized carbons (Fsp3) is 0.0143. The van der Waals surface area contributed by atoms with Gasteiger partial charge in [0.15, 0.2) is 17.5 Å². The van der Waals surface area contributed by atoms with Crippen LogP contribution in [0.1, 0.15) is 22.3 Å². The van der Waals surface area contributed by atoms with E-state index < -0.39 is 5.41 Å². The third-order valence-corrected chi connectivity index (χ3v) is 17.5. The van der Waals surface area contributed by atoms with Gasteiger partial charge in [-0.15, -0.1) is 11.3 Å². The Balaban J connectivity index is 1.08. The van der Waals surface area contributed by atoms with E-state index in [2.05, 4.69) is 221 Å². The smallest absolute Gasteiger partial charge is 0.164 e. The molecule has 0 amide bonds. The van der Waals surface area contributed by atoms with Gasteiger partial charge in [-0.25, -0.2) is 15.0 Å². The summed E-state index contributed by atoms with van der Waals surface area (Å²) in [4.78, 5) is 15.8. The first kappa shape index (κ1) is 41.7. The van der Waals surface area contributed by atoms with Crippen LogP contribution in [0.5, 0.6) is 0 Å². The predicted octanol–water partition coefficient (Wildman–Crippen LogP) is 17.8. The van der Waals surface area contributed by atoms with Gasteiger partial charge in [-0.05, 0) is 81.4 Å². The third-order valence-electron chi connectivity index (χ3n) is 16.4. The van der Waals surface area contributed by atoms with Gasteiger partial charge in [0.05, 0.1) is 37.9 Å². The van der Waals surface area contributed by atoms with E-state index >= 15 is 0 Å². The highest BCUT2D eigenvalue weighted by Crippen LogP contribution is 2.67. The number of hydrogen-bond donors (Lipinski definition) is 0. The molecule has 352 valence electrons. The fourth-order valence-corrected chi connectivity index (χ4v) is 14.7. The second-order valence-electron chi connectivity index (χ2n) is 20.1. The zero-order valence-electron chi connectivity index (χ0n) is 40.8. The Morgan fingerprint density at radius 1 is 0.342 bits per heavy atom. The number of benzene rings is 11. The van der Waals surface area contributed by atoms with E-state index in [-0.39, 0.29) is 0 Å². The minimum atomic E-state index is -0.624. The van der Waals surface area contributed by atoms with Gasteiger partial charge in [-0.2, -0.15) is 0 Å². The summed E-state index contributed by atoms with van der Waals surface area (Å²) in [7, 11) is 0. The van der Waals surface area contributed by atoms with Gasteiger partial charge in [0.2, 0.25) is 0 Å². The zero-order chi connectivity index (χ0) is 49.6. The van der Waals surface area contributed by atoms with Gasteiger partial charge in [0.25, 0.3) is 0 Å². The Kier molecular flexibility index (Phi) is 8.58. The molecule has 1 spiro atoms. The van der Waals surface area contributed by atoms with Gasteiger partial charge < -0.3 is 9.13 Å². The van der Waals surface area contributed by atoms with Crippen LogP contribution in [0.3, 0.4) is 0 Å². The number of fused-ring (bicyclic) bond motifs is 22. The summed E-state index contributed by atoms with van der Waals surface area (Å²) in [6.45, 7) is 0. The second kappa shape index (κ2) is 15.6. The van der Waals surface area contributed by atoms with Gasteiger partial charge in [-0.3, -0.25) is 0 Å². The summed E-state index contributed by atoms with van der Waals surface area (Å²) in [5.41, 5.74) is 19.6. The van der Waals surface area contributed by atoms with Crippen molar-refractivity contribution in [3.8, 4) is 67.8 Å². The number of aromatic nitrogens is 5. The predicted molar refractivity (Wildman–Crippen MR) is 314 cm³/mol. The van der Waals surface area contributed by atoms with Crippen LogP contribution in [0, 0.1) is 0 Å². The van der Waals surface area contributed by atoms with Crippen molar-refractivity contribution >= 4 is 75.1 Å². The summed E-state index contributed by atoms with van der Waals surface area (Å²) in [5.74, 6) is 1.92. The normalized spacial score (nSPS) is 13.1. The number of thiophene rings is 1. The zero-order valence-corrected chi connectivity index (χ0v) is 41.6. The van der Waals surface area contributed by atoms with Crippen LogP contribution in [0.4, 0.5) is 0 Å². The average molecular weight is 984 g/mol. The maximum atomic E-state index is 5.34. The monoisotopic (exact) mass is 983 g/mol. The second-order valence-corrected chi connectivity index (χ2v) is 21.1. The maximum Gasteiger partial charge on any atom is 0.164 e. The van der Waals surface area contributed by atoms with Crippen molar-refractivity contribution in [2.24, 2.45) is 0 Å². The molecule has 0 atom stereocenters. The highest BCUT2D eigenvalue weighted by Gasteiger charge is 2.54. The van der Waals surface area contributed by atoms with E-state index in [1.807, 2.05) is 47.7 Å². The van der Waals surface area contributed by atoms with Crippen molar-refractivity contribution in [1.29, 1.82) is 0 Å². The molecule has 6 heteroatoms. The number of rotatable bonds is 5. The average Bonchev–Trinajstić information content (AvgIpc) is 4.48. The minimum Gasteiger partial charge on any atom is -0.309 e. The highest BCUT2D eigenvalue weighted by molar-refractivity contribution is 7.26. The van der Waals surface area contributed by atoms with Gasteiger partial charge in [0, 0.05) is 65.0 Å². The quantitative estimate of drug-likeness (QED) is 0.173. The summed E-state index contributed by atoms with van der Waals surface area (Å²) < 4.78 is 7.55. The molecule has 2 aliphatic rings. The van der Waals surface area contributed by atoms with Crippen molar-refractivity contribution in [3.05, 3.63) is 271 Å². The molecule has 0 saturated carbocycles. The molecule has 0 fully saturated rings. The lowest BCUT2D eigenvalue weighted by Crippen LogP contribution is -2.26. The number of hydrogen-bond acceptors (Lipinski definition) is 4. The van der Waals surface area contributed by atoms with Crippen molar-refractivity contribution < 1.29 is 0 Å². The van der Waals surface area contributed by atoms with Crippen LogP contribution in [0.15, 0.2) is 249 Å². The molecule has 11 aromatic carbocycles. The SMILES string of the molecule is c1ccc(-c2nc(-c3ccccc3)nc(-c3ccc(-n4c5ccccc5c5c4c4c(c6c7ccccc7n(-c7ccccc7)c65)C5(c6ccccc6-c6ccccc65)c5ccccc5-4)c4sc5ccccc5c34)n2)cc1. The van der Waals surface area contributed by atoms with Crippen LogP contribution in [0.25, 0.3) is 132 Å². The topological polar surface area (TPSA) is 48.5 Å². The van der Waals surface area contributed by atoms with E-state index in [9.17, 15) is 0 Å². The summed E-state index contributed by atoms with van der Waals surface area (Å²) in [5, 5.41) is 7.25.